The molecule has 0 bridgehead atoms. The van der Waals surface area contributed by atoms with Crippen LogP contribution < -0.4 is 5.32 Å². The number of hydrogen-bond donors (Lipinski definition) is 2. The normalized spacial score (nSPS) is 16.4. The lowest BCUT2D eigenvalue weighted by Gasteiger charge is -2.13. The zero-order valence-electron chi connectivity index (χ0n) is 8.67. The Morgan fingerprint density at radius 2 is 1.76 bits per heavy atom. The number of carboxylic acids is 1. The minimum Gasteiger partial charge on any atom is -0.480 e. The molecule has 0 saturated heterocycles. The highest BCUT2D eigenvalue weighted by molar-refractivity contribution is 9.11. The zero-order chi connectivity index (χ0) is 12.6. The molecule has 1 aliphatic rings. The number of halogens is 2. The van der Waals surface area contributed by atoms with Crippen molar-refractivity contribution in [3.8, 4) is 0 Å². The van der Waals surface area contributed by atoms with Crippen LogP contribution in [0.4, 0.5) is 5.69 Å². The predicted octanol–water partition coefficient (Wildman–Crippen LogP) is 3.01. The van der Waals surface area contributed by atoms with E-state index in [1.54, 1.807) is 12.1 Å². The maximum atomic E-state index is 11.9. The molecule has 4 nitrogen and oxygen atoms in total. The van der Waals surface area contributed by atoms with Gasteiger partial charge in [0.2, 0.25) is 5.91 Å². The molecule has 0 spiro atoms. The molecule has 2 N–H and O–H groups in total. The largest absolute Gasteiger partial charge is 0.480 e. The fraction of sp³-hybridized carbons (Fsp3) is 0.273. The van der Waals surface area contributed by atoms with Gasteiger partial charge in [-0.2, -0.15) is 0 Å². The van der Waals surface area contributed by atoms with Gasteiger partial charge in [0.25, 0.3) is 0 Å². The van der Waals surface area contributed by atoms with E-state index >= 15 is 0 Å². The van der Waals surface area contributed by atoms with Gasteiger partial charge in [0.05, 0.1) is 5.69 Å². The van der Waals surface area contributed by atoms with Crippen LogP contribution in [0.2, 0.25) is 0 Å². The molecular formula is C11H9Br2NO3. The van der Waals surface area contributed by atoms with Gasteiger partial charge in [0.1, 0.15) is 5.41 Å². The lowest BCUT2D eigenvalue weighted by atomic mass is 10.1. The molecule has 0 aromatic heterocycles. The van der Waals surface area contributed by atoms with E-state index in [0.29, 0.717) is 27.5 Å². The molecule has 6 heteroatoms. The van der Waals surface area contributed by atoms with Gasteiger partial charge in [-0.25, -0.2) is 0 Å². The first-order valence-electron chi connectivity index (χ1n) is 4.96. The molecular weight excluding hydrogens is 354 g/mol. The fourth-order valence-corrected chi connectivity index (χ4v) is 2.71. The Balaban J connectivity index is 2.23. The fourth-order valence-electron chi connectivity index (χ4n) is 1.51. The molecule has 0 heterocycles. The van der Waals surface area contributed by atoms with Gasteiger partial charge in [-0.1, -0.05) is 6.07 Å². The highest BCUT2D eigenvalue weighted by atomic mass is 79.9. The number of amides is 1. The molecule has 1 saturated carbocycles. The standard InChI is InChI=1S/C11H9Br2NO3/c12-6-2-1-3-7(13)8(6)14-9(15)11(4-5-11)10(16)17/h1-3H,4-5H2,(H,14,15)(H,16,17). The number of carbonyl (C=O) groups excluding carboxylic acids is 1. The molecule has 1 fully saturated rings. The Hall–Kier alpha value is -0.880. The van der Waals surface area contributed by atoms with Crippen LogP contribution in [-0.2, 0) is 9.59 Å². The SMILES string of the molecule is O=C(O)C1(C(=O)Nc2c(Br)cccc2Br)CC1. The Morgan fingerprint density at radius 3 is 2.18 bits per heavy atom. The van der Waals surface area contributed by atoms with Gasteiger partial charge in [-0.05, 0) is 56.8 Å². The smallest absolute Gasteiger partial charge is 0.319 e. The summed E-state index contributed by atoms with van der Waals surface area (Å²) in [6.07, 6.45) is 0.798. The molecule has 1 aromatic rings. The number of benzene rings is 1. The molecule has 0 unspecified atom stereocenters. The van der Waals surface area contributed by atoms with E-state index in [1.807, 2.05) is 6.07 Å². The summed E-state index contributed by atoms with van der Waals surface area (Å²) in [7, 11) is 0. The highest BCUT2D eigenvalue weighted by Gasteiger charge is 2.57. The van der Waals surface area contributed by atoms with E-state index in [1.165, 1.54) is 0 Å². The number of para-hydroxylation sites is 1. The van der Waals surface area contributed by atoms with Crippen LogP contribution in [0.15, 0.2) is 27.1 Å². The number of hydrogen-bond acceptors (Lipinski definition) is 2. The van der Waals surface area contributed by atoms with Crippen molar-refractivity contribution in [2.24, 2.45) is 5.41 Å². The van der Waals surface area contributed by atoms with Gasteiger partial charge in [0, 0.05) is 8.95 Å². The van der Waals surface area contributed by atoms with Crippen molar-refractivity contribution in [3.05, 3.63) is 27.1 Å². The number of rotatable bonds is 3. The van der Waals surface area contributed by atoms with E-state index in [-0.39, 0.29) is 0 Å². The second-order valence-electron chi connectivity index (χ2n) is 3.94. The van der Waals surface area contributed by atoms with Crippen LogP contribution in [0, 0.1) is 5.41 Å². The van der Waals surface area contributed by atoms with Crippen molar-refractivity contribution >= 4 is 49.4 Å². The third kappa shape index (κ3) is 2.24. The number of aliphatic carboxylic acids is 1. The Labute approximate surface area is 115 Å². The lowest BCUT2D eigenvalue weighted by molar-refractivity contribution is -0.147. The van der Waals surface area contributed by atoms with Crippen LogP contribution >= 0.6 is 31.9 Å². The first kappa shape index (κ1) is 12.6. The van der Waals surface area contributed by atoms with E-state index in [2.05, 4.69) is 37.2 Å². The second-order valence-corrected chi connectivity index (χ2v) is 5.65. The molecule has 0 atom stereocenters. The number of anilines is 1. The van der Waals surface area contributed by atoms with Crippen molar-refractivity contribution in [1.82, 2.24) is 0 Å². The quantitative estimate of drug-likeness (QED) is 0.812. The lowest BCUT2D eigenvalue weighted by Crippen LogP contribution is -2.31. The highest BCUT2D eigenvalue weighted by Crippen LogP contribution is 2.47. The molecule has 1 aromatic carbocycles. The van der Waals surface area contributed by atoms with Crippen molar-refractivity contribution in [2.45, 2.75) is 12.8 Å². The van der Waals surface area contributed by atoms with Crippen molar-refractivity contribution in [3.63, 3.8) is 0 Å². The maximum absolute atomic E-state index is 11.9. The average molecular weight is 363 g/mol. The van der Waals surface area contributed by atoms with E-state index < -0.39 is 17.3 Å². The van der Waals surface area contributed by atoms with Crippen LogP contribution in [0.5, 0.6) is 0 Å². The first-order chi connectivity index (χ1) is 7.97. The molecule has 0 radical (unpaired) electrons. The minimum absolute atomic E-state index is 0.399. The average Bonchev–Trinajstić information content (AvgIpc) is 3.04. The number of carboxylic acid groups (broad SMARTS) is 1. The Morgan fingerprint density at radius 1 is 1.24 bits per heavy atom. The topological polar surface area (TPSA) is 66.4 Å². The molecule has 0 aliphatic heterocycles. The second kappa shape index (κ2) is 4.42. The monoisotopic (exact) mass is 361 g/mol. The summed E-state index contributed by atoms with van der Waals surface area (Å²) in [5.41, 5.74) is -0.667. The van der Waals surface area contributed by atoms with Crippen LogP contribution in [0.1, 0.15) is 12.8 Å². The van der Waals surface area contributed by atoms with E-state index in [4.69, 9.17) is 5.11 Å². The van der Waals surface area contributed by atoms with Crippen LogP contribution in [0.3, 0.4) is 0 Å². The summed E-state index contributed by atoms with van der Waals surface area (Å²) < 4.78 is 1.42. The van der Waals surface area contributed by atoms with Crippen LogP contribution in [0.25, 0.3) is 0 Å². The summed E-state index contributed by atoms with van der Waals surface area (Å²) in [5.74, 6) is -1.52. The summed E-state index contributed by atoms with van der Waals surface area (Å²) in [5, 5.41) is 11.7. The summed E-state index contributed by atoms with van der Waals surface area (Å²) in [6, 6.07) is 5.37. The van der Waals surface area contributed by atoms with E-state index in [9.17, 15) is 9.59 Å². The third-order valence-electron chi connectivity index (χ3n) is 2.80. The minimum atomic E-state index is -1.23. The van der Waals surface area contributed by atoms with Gasteiger partial charge in [-0.15, -0.1) is 0 Å². The first-order valence-corrected chi connectivity index (χ1v) is 6.55. The summed E-state index contributed by atoms with van der Waals surface area (Å²) in [6.45, 7) is 0. The maximum Gasteiger partial charge on any atom is 0.319 e. The van der Waals surface area contributed by atoms with Gasteiger partial charge >= 0.3 is 5.97 Å². The van der Waals surface area contributed by atoms with Gasteiger partial charge in [-0.3, -0.25) is 9.59 Å². The molecule has 2 rings (SSSR count). The predicted molar refractivity (Wildman–Crippen MR) is 69.8 cm³/mol. The summed E-state index contributed by atoms with van der Waals surface area (Å²) in [4.78, 5) is 22.9. The molecule has 1 aliphatic carbocycles. The van der Waals surface area contributed by atoms with E-state index in [0.717, 1.165) is 0 Å². The number of nitrogens with one attached hydrogen (secondary N) is 1. The van der Waals surface area contributed by atoms with Gasteiger partial charge in [0.15, 0.2) is 0 Å². The third-order valence-corrected chi connectivity index (χ3v) is 4.12. The Bertz CT molecular complexity index is 477. The summed E-state index contributed by atoms with van der Waals surface area (Å²) >= 11 is 6.62. The Kier molecular flexibility index (Phi) is 3.27. The van der Waals surface area contributed by atoms with Gasteiger partial charge < -0.3 is 10.4 Å². The van der Waals surface area contributed by atoms with Crippen LogP contribution in [-0.4, -0.2) is 17.0 Å². The van der Waals surface area contributed by atoms with Crippen molar-refractivity contribution in [1.29, 1.82) is 0 Å². The zero-order valence-corrected chi connectivity index (χ0v) is 11.8. The molecule has 90 valence electrons. The molecule has 17 heavy (non-hydrogen) atoms. The molecule has 1 amide bonds. The van der Waals surface area contributed by atoms with Crippen molar-refractivity contribution < 1.29 is 14.7 Å². The van der Waals surface area contributed by atoms with Crippen molar-refractivity contribution in [2.75, 3.05) is 5.32 Å². The number of carbonyl (C=O) groups is 2.